The molecule has 0 spiro atoms. The predicted octanol–water partition coefficient (Wildman–Crippen LogP) is 2.26. The molecule has 2 N–H and O–H groups in total. The summed E-state index contributed by atoms with van der Waals surface area (Å²) in [6.45, 7) is 6.87. The lowest BCUT2D eigenvalue weighted by Gasteiger charge is -2.22. The minimum atomic E-state index is -0.495. The first-order valence-electron chi connectivity index (χ1n) is 6.84. The van der Waals surface area contributed by atoms with Crippen molar-refractivity contribution in [3.8, 4) is 5.75 Å². The van der Waals surface area contributed by atoms with Crippen molar-refractivity contribution < 1.29 is 9.53 Å². The average molecular weight is 264 g/mol. The van der Waals surface area contributed by atoms with Gasteiger partial charge in [-0.1, -0.05) is 32.0 Å². The maximum absolute atomic E-state index is 11.5. The quantitative estimate of drug-likeness (QED) is 0.794. The number of amides is 1. The fourth-order valence-corrected chi connectivity index (χ4v) is 2.04. The summed E-state index contributed by atoms with van der Waals surface area (Å²) in [5, 5.41) is 6.02. The van der Waals surface area contributed by atoms with E-state index in [1.54, 1.807) is 14.0 Å². The molecule has 1 aromatic rings. The first-order chi connectivity index (χ1) is 9.13. The lowest BCUT2D eigenvalue weighted by molar-refractivity contribution is -0.126. The van der Waals surface area contributed by atoms with Crippen LogP contribution in [-0.2, 0) is 4.79 Å². The summed E-state index contributed by atoms with van der Waals surface area (Å²) in [5.74, 6) is 0.651. The van der Waals surface area contributed by atoms with Crippen molar-refractivity contribution in [1.29, 1.82) is 0 Å². The number of ether oxygens (including phenoxy) is 1. The van der Waals surface area contributed by atoms with E-state index in [1.165, 1.54) is 0 Å². The van der Waals surface area contributed by atoms with E-state index in [0.29, 0.717) is 0 Å². The molecular weight excluding hydrogens is 240 g/mol. The Hall–Kier alpha value is -1.55. The van der Waals surface area contributed by atoms with Crippen molar-refractivity contribution >= 4 is 5.91 Å². The van der Waals surface area contributed by atoms with Crippen LogP contribution in [0.15, 0.2) is 24.3 Å². The van der Waals surface area contributed by atoms with Gasteiger partial charge < -0.3 is 15.4 Å². The second-order valence-corrected chi connectivity index (χ2v) is 4.43. The number of likely N-dealkylation sites (N-methyl/N-ethyl adjacent to an activating group) is 1. The second-order valence-electron chi connectivity index (χ2n) is 4.43. The molecule has 0 bridgehead atoms. The Kier molecular flexibility index (Phi) is 6.36. The highest BCUT2D eigenvalue weighted by atomic mass is 16.5. The topological polar surface area (TPSA) is 50.4 Å². The fraction of sp³-hybridized carbons (Fsp3) is 0.533. The van der Waals surface area contributed by atoms with Crippen LogP contribution in [0.25, 0.3) is 0 Å². The molecule has 0 aliphatic heterocycles. The molecule has 0 saturated carbocycles. The van der Waals surface area contributed by atoms with Crippen LogP contribution in [0.4, 0.5) is 0 Å². The monoisotopic (exact) mass is 264 g/mol. The Morgan fingerprint density at radius 1 is 1.32 bits per heavy atom. The van der Waals surface area contributed by atoms with Crippen LogP contribution in [0.1, 0.15) is 38.8 Å². The van der Waals surface area contributed by atoms with Gasteiger partial charge in [0.1, 0.15) is 5.75 Å². The van der Waals surface area contributed by atoms with Gasteiger partial charge in [-0.3, -0.25) is 4.79 Å². The summed E-state index contributed by atoms with van der Waals surface area (Å²) in [5.41, 5.74) is 1.10. The summed E-state index contributed by atoms with van der Waals surface area (Å²) in [6, 6.07) is 8.12. The van der Waals surface area contributed by atoms with Gasteiger partial charge >= 0.3 is 0 Å². The Bertz CT molecular complexity index is 407. The van der Waals surface area contributed by atoms with E-state index < -0.39 is 6.10 Å². The van der Waals surface area contributed by atoms with E-state index in [9.17, 15) is 4.79 Å². The van der Waals surface area contributed by atoms with Crippen molar-refractivity contribution in [2.24, 2.45) is 0 Å². The number of nitrogens with one attached hydrogen (secondary N) is 2. The van der Waals surface area contributed by atoms with Gasteiger partial charge in [0.15, 0.2) is 6.10 Å². The van der Waals surface area contributed by atoms with E-state index >= 15 is 0 Å². The molecule has 4 nitrogen and oxygen atoms in total. The molecule has 106 valence electrons. The van der Waals surface area contributed by atoms with E-state index in [-0.39, 0.29) is 11.9 Å². The summed E-state index contributed by atoms with van der Waals surface area (Å²) in [4.78, 5) is 11.5. The highest BCUT2D eigenvalue weighted by molar-refractivity contribution is 5.80. The molecule has 1 aromatic carbocycles. The number of hydrogen-bond acceptors (Lipinski definition) is 3. The molecule has 0 heterocycles. The van der Waals surface area contributed by atoms with Gasteiger partial charge in [0.2, 0.25) is 0 Å². The van der Waals surface area contributed by atoms with Crippen molar-refractivity contribution in [3.05, 3.63) is 29.8 Å². The first kappa shape index (κ1) is 15.5. The zero-order valence-electron chi connectivity index (χ0n) is 12.2. The number of hydrogen-bond donors (Lipinski definition) is 2. The minimum absolute atomic E-state index is 0.119. The zero-order valence-corrected chi connectivity index (χ0v) is 12.2. The van der Waals surface area contributed by atoms with Gasteiger partial charge in [0.05, 0.1) is 0 Å². The normalized spacial score (nSPS) is 13.7. The summed E-state index contributed by atoms with van der Waals surface area (Å²) in [6.07, 6.45) is 0.480. The van der Waals surface area contributed by atoms with Crippen LogP contribution in [0, 0.1) is 0 Å². The van der Waals surface area contributed by atoms with Gasteiger partial charge in [-0.2, -0.15) is 0 Å². The maximum atomic E-state index is 11.5. The lowest BCUT2D eigenvalue weighted by atomic mass is 10.0. The van der Waals surface area contributed by atoms with Crippen LogP contribution in [0.2, 0.25) is 0 Å². The highest BCUT2D eigenvalue weighted by Gasteiger charge is 2.17. The van der Waals surface area contributed by atoms with Crippen molar-refractivity contribution in [1.82, 2.24) is 10.6 Å². The van der Waals surface area contributed by atoms with E-state index in [2.05, 4.69) is 24.5 Å². The van der Waals surface area contributed by atoms with E-state index in [4.69, 9.17) is 4.74 Å². The number of carbonyl (C=O) groups excluding carboxylic acids is 1. The van der Waals surface area contributed by atoms with Crippen LogP contribution in [0.3, 0.4) is 0 Å². The van der Waals surface area contributed by atoms with E-state index in [1.807, 2.05) is 24.3 Å². The average Bonchev–Trinajstić information content (AvgIpc) is 2.44. The molecule has 2 atom stereocenters. The van der Waals surface area contributed by atoms with Crippen LogP contribution in [0.5, 0.6) is 5.75 Å². The molecule has 19 heavy (non-hydrogen) atoms. The minimum Gasteiger partial charge on any atom is -0.481 e. The molecule has 4 heteroatoms. The molecule has 1 rings (SSSR count). The summed E-state index contributed by atoms with van der Waals surface area (Å²) >= 11 is 0. The van der Waals surface area contributed by atoms with Gasteiger partial charge in [0.25, 0.3) is 5.91 Å². The van der Waals surface area contributed by atoms with Crippen LogP contribution < -0.4 is 15.4 Å². The first-order valence-corrected chi connectivity index (χ1v) is 6.84. The van der Waals surface area contributed by atoms with Crippen molar-refractivity contribution in [2.45, 2.75) is 39.3 Å². The standard InChI is InChI=1S/C15H24N2O2/c1-5-13(17-6-2)12-9-7-8-10-14(12)19-11(3)15(18)16-4/h7-11,13,17H,5-6H2,1-4H3,(H,16,18). The molecule has 0 aliphatic rings. The third kappa shape index (κ3) is 4.24. The van der Waals surface area contributed by atoms with Crippen LogP contribution in [-0.4, -0.2) is 25.6 Å². The Balaban J connectivity index is 2.91. The number of benzene rings is 1. The smallest absolute Gasteiger partial charge is 0.260 e. The number of para-hydroxylation sites is 1. The maximum Gasteiger partial charge on any atom is 0.260 e. The second kappa shape index (κ2) is 7.79. The van der Waals surface area contributed by atoms with Gasteiger partial charge in [0, 0.05) is 18.7 Å². The highest BCUT2D eigenvalue weighted by Crippen LogP contribution is 2.27. The lowest BCUT2D eigenvalue weighted by Crippen LogP contribution is -2.34. The Labute approximate surface area is 115 Å². The Morgan fingerprint density at radius 3 is 2.58 bits per heavy atom. The van der Waals surface area contributed by atoms with Crippen LogP contribution >= 0.6 is 0 Å². The van der Waals surface area contributed by atoms with Gasteiger partial charge in [-0.15, -0.1) is 0 Å². The molecule has 0 fully saturated rings. The third-order valence-corrected chi connectivity index (χ3v) is 3.07. The summed E-state index contributed by atoms with van der Waals surface area (Å²) in [7, 11) is 1.61. The Morgan fingerprint density at radius 2 is 2.00 bits per heavy atom. The SMILES string of the molecule is CCNC(CC)c1ccccc1OC(C)C(=O)NC. The predicted molar refractivity (Wildman–Crippen MR) is 77.3 cm³/mol. The van der Waals surface area contributed by atoms with Crippen molar-refractivity contribution in [2.75, 3.05) is 13.6 Å². The fourth-order valence-electron chi connectivity index (χ4n) is 2.04. The van der Waals surface area contributed by atoms with Crippen molar-refractivity contribution in [3.63, 3.8) is 0 Å². The number of carbonyl (C=O) groups is 1. The molecule has 1 amide bonds. The molecular formula is C15H24N2O2. The molecule has 0 radical (unpaired) electrons. The van der Waals surface area contributed by atoms with Gasteiger partial charge in [-0.05, 0) is 26.0 Å². The molecule has 2 unspecified atom stereocenters. The molecule has 0 saturated heterocycles. The third-order valence-electron chi connectivity index (χ3n) is 3.07. The molecule has 0 aliphatic carbocycles. The summed E-state index contributed by atoms with van der Waals surface area (Å²) < 4.78 is 5.78. The number of rotatable bonds is 7. The zero-order chi connectivity index (χ0) is 14.3. The largest absolute Gasteiger partial charge is 0.481 e. The van der Waals surface area contributed by atoms with Gasteiger partial charge in [-0.25, -0.2) is 0 Å². The van der Waals surface area contributed by atoms with E-state index in [0.717, 1.165) is 24.3 Å². The molecule has 0 aromatic heterocycles.